The molecule has 2 amide bonds. The first-order valence-corrected chi connectivity index (χ1v) is 6.83. The lowest BCUT2D eigenvalue weighted by atomic mass is 10.1. The summed E-state index contributed by atoms with van der Waals surface area (Å²) >= 11 is 0. The molecule has 1 aliphatic heterocycles. The molecule has 114 valence electrons. The fourth-order valence-corrected chi connectivity index (χ4v) is 2.23. The topological polar surface area (TPSA) is 58.6 Å². The predicted octanol–water partition coefficient (Wildman–Crippen LogP) is 1.19. The zero-order valence-corrected chi connectivity index (χ0v) is 12.2. The number of carbonyl (C=O) groups excluding carboxylic acids is 2. The molecule has 0 bridgehead atoms. The molecule has 21 heavy (non-hydrogen) atoms. The van der Waals surface area contributed by atoms with Crippen LogP contribution < -0.4 is 5.32 Å². The number of ether oxygens (including phenoxy) is 1. The molecule has 5 nitrogen and oxygen atoms in total. The van der Waals surface area contributed by atoms with E-state index in [2.05, 4.69) is 5.32 Å². The van der Waals surface area contributed by atoms with Gasteiger partial charge in [0.1, 0.15) is 5.82 Å². The fourth-order valence-electron chi connectivity index (χ4n) is 2.23. The number of morpholine rings is 1. The van der Waals surface area contributed by atoms with Crippen molar-refractivity contribution in [3.05, 3.63) is 35.6 Å². The summed E-state index contributed by atoms with van der Waals surface area (Å²) in [7, 11) is 0. The Kier molecular flexibility index (Phi) is 4.57. The first-order valence-electron chi connectivity index (χ1n) is 6.83. The zero-order valence-electron chi connectivity index (χ0n) is 12.2. The second-order valence-electron chi connectivity index (χ2n) is 5.62. The molecule has 1 N–H and O–H groups in total. The van der Waals surface area contributed by atoms with Crippen LogP contribution in [0.15, 0.2) is 24.3 Å². The molecule has 0 saturated carbocycles. The average Bonchev–Trinajstić information content (AvgIpc) is 2.43. The molecule has 1 fully saturated rings. The van der Waals surface area contributed by atoms with Crippen LogP contribution in [0.5, 0.6) is 0 Å². The number of nitrogens with one attached hydrogen (secondary N) is 1. The lowest BCUT2D eigenvalue weighted by molar-refractivity contribution is -0.144. The summed E-state index contributed by atoms with van der Waals surface area (Å²) in [5, 5.41) is 2.51. The number of nitrogens with zero attached hydrogens (tertiary/aromatic N) is 1. The van der Waals surface area contributed by atoms with Crippen molar-refractivity contribution in [1.82, 2.24) is 10.2 Å². The molecule has 0 aliphatic carbocycles. The minimum atomic E-state index is -0.482. The van der Waals surface area contributed by atoms with Crippen molar-refractivity contribution in [2.45, 2.75) is 19.4 Å². The van der Waals surface area contributed by atoms with E-state index in [9.17, 15) is 14.0 Å². The van der Waals surface area contributed by atoms with E-state index in [1.54, 1.807) is 4.90 Å². The Morgan fingerprint density at radius 2 is 2.19 bits per heavy atom. The summed E-state index contributed by atoms with van der Waals surface area (Å²) in [6, 6.07) is 5.35. The number of hydrogen-bond donors (Lipinski definition) is 1. The Bertz CT molecular complexity index is 545. The van der Waals surface area contributed by atoms with Gasteiger partial charge in [0, 0.05) is 18.7 Å². The molecule has 1 heterocycles. The van der Waals surface area contributed by atoms with Gasteiger partial charge >= 0.3 is 0 Å². The molecule has 2 rings (SSSR count). The van der Waals surface area contributed by atoms with Gasteiger partial charge in [-0.25, -0.2) is 4.39 Å². The third kappa shape index (κ3) is 4.26. The van der Waals surface area contributed by atoms with Gasteiger partial charge in [0.25, 0.3) is 5.91 Å². The first kappa shape index (κ1) is 15.4. The quantitative estimate of drug-likeness (QED) is 0.911. The van der Waals surface area contributed by atoms with Gasteiger partial charge in [-0.2, -0.15) is 0 Å². The van der Waals surface area contributed by atoms with E-state index >= 15 is 0 Å². The Balaban J connectivity index is 1.88. The standard InChI is InChI=1S/C15H19FN2O3/c1-15(2)10-18(6-7-21-15)13(19)9-17-14(20)11-4-3-5-12(16)8-11/h3-5,8H,6-7,9-10H2,1-2H3,(H,17,20). The number of hydrogen-bond acceptors (Lipinski definition) is 3. The third-order valence-corrected chi connectivity index (χ3v) is 3.27. The van der Waals surface area contributed by atoms with Crippen molar-refractivity contribution in [2.75, 3.05) is 26.2 Å². The van der Waals surface area contributed by atoms with Crippen LogP contribution in [0.2, 0.25) is 0 Å². The Labute approximate surface area is 123 Å². The van der Waals surface area contributed by atoms with Gasteiger partial charge in [0.05, 0.1) is 18.8 Å². The van der Waals surface area contributed by atoms with Gasteiger partial charge in [-0.1, -0.05) is 6.07 Å². The molecular formula is C15H19FN2O3. The smallest absolute Gasteiger partial charge is 0.251 e. The van der Waals surface area contributed by atoms with Crippen LogP contribution in [0.4, 0.5) is 4.39 Å². The van der Waals surface area contributed by atoms with Crippen molar-refractivity contribution >= 4 is 11.8 Å². The Morgan fingerprint density at radius 1 is 1.43 bits per heavy atom. The first-order chi connectivity index (χ1) is 9.87. The number of amides is 2. The van der Waals surface area contributed by atoms with E-state index in [1.807, 2.05) is 13.8 Å². The van der Waals surface area contributed by atoms with Crippen LogP contribution in [-0.2, 0) is 9.53 Å². The summed E-state index contributed by atoms with van der Waals surface area (Å²) in [6.45, 7) is 5.21. The van der Waals surface area contributed by atoms with Crippen LogP contribution in [0.1, 0.15) is 24.2 Å². The molecule has 0 unspecified atom stereocenters. The Hall–Kier alpha value is -1.95. The van der Waals surface area contributed by atoms with Crippen molar-refractivity contribution in [3.63, 3.8) is 0 Å². The molecule has 0 radical (unpaired) electrons. The molecule has 1 aromatic carbocycles. The largest absolute Gasteiger partial charge is 0.372 e. The molecule has 0 spiro atoms. The Morgan fingerprint density at radius 3 is 2.86 bits per heavy atom. The van der Waals surface area contributed by atoms with Gasteiger partial charge in [0.2, 0.25) is 5.91 Å². The third-order valence-electron chi connectivity index (χ3n) is 3.27. The minimum absolute atomic E-state index is 0.106. The summed E-state index contributed by atoms with van der Waals surface area (Å²) < 4.78 is 18.6. The normalized spacial score (nSPS) is 17.4. The summed E-state index contributed by atoms with van der Waals surface area (Å²) in [4.78, 5) is 25.6. The van der Waals surface area contributed by atoms with E-state index in [1.165, 1.54) is 18.2 Å². The van der Waals surface area contributed by atoms with Crippen molar-refractivity contribution < 1.29 is 18.7 Å². The predicted molar refractivity (Wildman–Crippen MR) is 75.3 cm³/mol. The van der Waals surface area contributed by atoms with Crippen molar-refractivity contribution in [1.29, 1.82) is 0 Å². The van der Waals surface area contributed by atoms with E-state index in [0.29, 0.717) is 19.7 Å². The van der Waals surface area contributed by atoms with Crippen LogP contribution >= 0.6 is 0 Å². The number of carbonyl (C=O) groups is 2. The fraction of sp³-hybridized carbons (Fsp3) is 0.467. The highest BCUT2D eigenvalue weighted by Gasteiger charge is 2.29. The monoisotopic (exact) mass is 294 g/mol. The molecule has 0 atom stereocenters. The highest BCUT2D eigenvalue weighted by Crippen LogP contribution is 2.16. The second-order valence-corrected chi connectivity index (χ2v) is 5.62. The molecule has 1 aromatic rings. The van der Waals surface area contributed by atoms with Crippen LogP contribution in [0, 0.1) is 5.82 Å². The maximum absolute atomic E-state index is 13.0. The molecule has 6 heteroatoms. The summed E-state index contributed by atoms with van der Waals surface area (Å²) in [5.41, 5.74) is -0.175. The number of rotatable bonds is 3. The van der Waals surface area contributed by atoms with E-state index < -0.39 is 11.7 Å². The highest BCUT2D eigenvalue weighted by molar-refractivity contribution is 5.96. The number of benzene rings is 1. The van der Waals surface area contributed by atoms with Gasteiger partial charge < -0.3 is 15.0 Å². The minimum Gasteiger partial charge on any atom is -0.372 e. The van der Waals surface area contributed by atoms with Gasteiger partial charge in [0.15, 0.2) is 0 Å². The van der Waals surface area contributed by atoms with Crippen LogP contribution in [0.3, 0.4) is 0 Å². The van der Waals surface area contributed by atoms with Crippen LogP contribution in [-0.4, -0.2) is 48.6 Å². The van der Waals surface area contributed by atoms with Gasteiger partial charge in [-0.3, -0.25) is 9.59 Å². The lowest BCUT2D eigenvalue weighted by Crippen LogP contribution is -2.52. The molecule has 1 saturated heterocycles. The molecular weight excluding hydrogens is 275 g/mol. The molecule has 1 aliphatic rings. The number of halogens is 1. The zero-order chi connectivity index (χ0) is 15.5. The SMILES string of the molecule is CC1(C)CN(C(=O)CNC(=O)c2cccc(F)c2)CCO1. The van der Waals surface area contributed by atoms with E-state index in [-0.39, 0.29) is 23.6 Å². The maximum Gasteiger partial charge on any atom is 0.251 e. The lowest BCUT2D eigenvalue weighted by Gasteiger charge is -2.38. The van der Waals surface area contributed by atoms with Crippen molar-refractivity contribution in [2.24, 2.45) is 0 Å². The maximum atomic E-state index is 13.0. The van der Waals surface area contributed by atoms with E-state index in [4.69, 9.17) is 4.74 Å². The van der Waals surface area contributed by atoms with Gasteiger partial charge in [-0.15, -0.1) is 0 Å². The highest BCUT2D eigenvalue weighted by atomic mass is 19.1. The van der Waals surface area contributed by atoms with Crippen molar-refractivity contribution in [3.8, 4) is 0 Å². The van der Waals surface area contributed by atoms with Gasteiger partial charge in [-0.05, 0) is 32.0 Å². The molecule has 0 aromatic heterocycles. The van der Waals surface area contributed by atoms with E-state index in [0.717, 1.165) is 6.07 Å². The summed E-state index contributed by atoms with van der Waals surface area (Å²) in [6.07, 6.45) is 0. The second kappa shape index (κ2) is 6.22. The summed E-state index contributed by atoms with van der Waals surface area (Å²) in [5.74, 6) is -1.12. The van der Waals surface area contributed by atoms with Crippen LogP contribution in [0.25, 0.3) is 0 Å². The average molecular weight is 294 g/mol.